The van der Waals surface area contributed by atoms with Gasteiger partial charge < -0.3 is 0 Å². The third kappa shape index (κ3) is 34.2. The van der Waals surface area contributed by atoms with Crippen LogP contribution in [-0.2, 0) is 0 Å². The summed E-state index contributed by atoms with van der Waals surface area (Å²) in [7, 11) is 0. The Kier molecular flexibility index (Phi) is 35.2. The van der Waals surface area contributed by atoms with E-state index in [1.165, 1.54) is 218 Å². The zero-order valence-corrected chi connectivity index (χ0v) is 29.2. The fourth-order valence-corrected chi connectivity index (χ4v) is 6.65. The van der Waals surface area contributed by atoms with Crippen molar-refractivity contribution in [1.82, 2.24) is 0 Å². The first kappa shape index (κ1) is 40.0. The molecule has 0 N–H and O–H groups in total. The Hall–Kier alpha value is 0. The summed E-state index contributed by atoms with van der Waals surface area (Å²) in [6.45, 7) is 9.65. The molecule has 2 unspecified atom stereocenters. The van der Waals surface area contributed by atoms with Crippen LogP contribution in [-0.4, -0.2) is 0 Å². The standard InChI is InChI=1S/C40H82/c1-5-7-9-11-13-15-17-18-19-20-21-22-23-24-25-27-29-31-33-36-40(4)38-34-37-39(3)35-32-30-28-26-16-14-12-10-8-6-2/h39-40H,5-38H2,1-4H3. The van der Waals surface area contributed by atoms with E-state index < -0.39 is 0 Å². The quantitative estimate of drug-likeness (QED) is 0.0674. The SMILES string of the molecule is CCCCCCCCCCCCCCCCCCCCCC(C)CCCC(C)CCCCCCCCCCCC. The van der Waals surface area contributed by atoms with Crippen molar-refractivity contribution in [2.24, 2.45) is 11.8 Å². The number of hydrogen-bond donors (Lipinski definition) is 0. The molecule has 0 saturated carbocycles. The van der Waals surface area contributed by atoms with Crippen molar-refractivity contribution in [3.63, 3.8) is 0 Å². The third-order valence-electron chi connectivity index (χ3n) is 9.74. The summed E-state index contributed by atoms with van der Waals surface area (Å²) in [5.74, 6) is 1.91. The van der Waals surface area contributed by atoms with Gasteiger partial charge in [-0.2, -0.15) is 0 Å². The summed E-state index contributed by atoms with van der Waals surface area (Å²) >= 11 is 0. The van der Waals surface area contributed by atoms with Gasteiger partial charge in [0.05, 0.1) is 0 Å². The van der Waals surface area contributed by atoms with Gasteiger partial charge in [-0.3, -0.25) is 0 Å². The lowest BCUT2D eigenvalue weighted by molar-refractivity contribution is 0.390. The molecule has 40 heavy (non-hydrogen) atoms. The molecule has 0 aromatic carbocycles. The van der Waals surface area contributed by atoms with Gasteiger partial charge in [-0.15, -0.1) is 0 Å². The number of hydrogen-bond acceptors (Lipinski definition) is 0. The van der Waals surface area contributed by atoms with Crippen LogP contribution in [0.5, 0.6) is 0 Å². The lowest BCUT2D eigenvalue weighted by atomic mass is 9.92. The van der Waals surface area contributed by atoms with Crippen molar-refractivity contribution in [2.45, 2.75) is 246 Å². The molecule has 0 amide bonds. The summed E-state index contributed by atoms with van der Waals surface area (Å²) in [6.07, 6.45) is 50.1. The monoisotopic (exact) mass is 563 g/mol. The lowest BCUT2D eigenvalue weighted by Crippen LogP contribution is -1.99. The van der Waals surface area contributed by atoms with E-state index in [2.05, 4.69) is 27.7 Å². The molecule has 0 spiro atoms. The predicted molar refractivity (Wildman–Crippen MR) is 187 cm³/mol. The van der Waals surface area contributed by atoms with Gasteiger partial charge in [0.25, 0.3) is 0 Å². The minimum absolute atomic E-state index is 0.954. The highest BCUT2D eigenvalue weighted by atomic mass is 14.1. The van der Waals surface area contributed by atoms with Crippen LogP contribution in [0.2, 0.25) is 0 Å². The smallest absolute Gasteiger partial charge is 0.0443 e. The molecule has 0 aromatic rings. The van der Waals surface area contributed by atoms with Gasteiger partial charge in [-0.25, -0.2) is 0 Å². The number of rotatable bonds is 35. The molecule has 0 heteroatoms. The Morgan fingerprint density at radius 2 is 0.400 bits per heavy atom. The molecule has 0 rings (SSSR count). The average molecular weight is 563 g/mol. The second-order valence-corrected chi connectivity index (χ2v) is 14.3. The summed E-state index contributed by atoms with van der Waals surface area (Å²) < 4.78 is 0. The van der Waals surface area contributed by atoms with Gasteiger partial charge in [0, 0.05) is 0 Å². The molecule has 0 radical (unpaired) electrons. The van der Waals surface area contributed by atoms with Crippen molar-refractivity contribution >= 4 is 0 Å². The Labute approximate surface area is 257 Å². The van der Waals surface area contributed by atoms with E-state index in [0.29, 0.717) is 0 Å². The van der Waals surface area contributed by atoms with Crippen LogP contribution in [0.25, 0.3) is 0 Å². The van der Waals surface area contributed by atoms with Crippen molar-refractivity contribution in [2.75, 3.05) is 0 Å². The van der Waals surface area contributed by atoms with Crippen molar-refractivity contribution < 1.29 is 0 Å². The van der Waals surface area contributed by atoms with Crippen molar-refractivity contribution in [1.29, 1.82) is 0 Å². The number of unbranched alkanes of at least 4 members (excludes halogenated alkanes) is 27. The van der Waals surface area contributed by atoms with Gasteiger partial charge in [0.15, 0.2) is 0 Å². The normalized spacial score (nSPS) is 13.2. The summed E-state index contributed by atoms with van der Waals surface area (Å²) in [6, 6.07) is 0. The van der Waals surface area contributed by atoms with Crippen LogP contribution in [0, 0.1) is 11.8 Å². The fourth-order valence-electron chi connectivity index (χ4n) is 6.65. The predicted octanol–water partition coefficient (Wildman–Crippen LogP) is 15.6. The minimum Gasteiger partial charge on any atom is -0.0654 e. The molecule has 0 aliphatic heterocycles. The summed E-state index contributed by atoms with van der Waals surface area (Å²) in [5, 5.41) is 0. The summed E-state index contributed by atoms with van der Waals surface area (Å²) in [5.41, 5.74) is 0. The molecule has 0 aliphatic carbocycles. The van der Waals surface area contributed by atoms with E-state index in [4.69, 9.17) is 0 Å². The summed E-state index contributed by atoms with van der Waals surface area (Å²) in [4.78, 5) is 0. The third-order valence-corrected chi connectivity index (χ3v) is 9.74. The van der Waals surface area contributed by atoms with Crippen LogP contribution >= 0.6 is 0 Å². The van der Waals surface area contributed by atoms with Gasteiger partial charge in [0.2, 0.25) is 0 Å². The van der Waals surface area contributed by atoms with Crippen LogP contribution in [0.4, 0.5) is 0 Å². The van der Waals surface area contributed by atoms with Crippen molar-refractivity contribution in [3.8, 4) is 0 Å². The van der Waals surface area contributed by atoms with E-state index in [9.17, 15) is 0 Å². The topological polar surface area (TPSA) is 0 Å². The van der Waals surface area contributed by atoms with E-state index >= 15 is 0 Å². The highest BCUT2D eigenvalue weighted by molar-refractivity contribution is 4.60. The molecular weight excluding hydrogens is 480 g/mol. The molecule has 0 bridgehead atoms. The molecule has 0 aromatic heterocycles. The van der Waals surface area contributed by atoms with E-state index in [0.717, 1.165) is 11.8 Å². The van der Waals surface area contributed by atoms with Gasteiger partial charge in [-0.05, 0) is 11.8 Å². The first-order valence-corrected chi connectivity index (χ1v) is 19.7. The molecular formula is C40H82. The molecule has 0 fully saturated rings. The fraction of sp³-hybridized carbons (Fsp3) is 1.00. The second-order valence-electron chi connectivity index (χ2n) is 14.3. The Bertz CT molecular complexity index is 426. The Balaban J connectivity index is 3.23. The minimum atomic E-state index is 0.954. The first-order valence-electron chi connectivity index (χ1n) is 19.7. The maximum Gasteiger partial charge on any atom is -0.0443 e. The molecule has 0 saturated heterocycles. The van der Waals surface area contributed by atoms with Crippen LogP contribution in [0.15, 0.2) is 0 Å². The average Bonchev–Trinajstić information content (AvgIpc) is 2.95. The first-order chi connectivity index (χ1) is 19.7. The Morgan fingerprint density at radius 1 is 0.225 bits per heavy atom. The molecule has 0 nitrogen and oxygen atoms in total. The maximum atomic E-state index is 2.52. The maximum absolute atomic E-state index is 2.52. The Morgan fingerprint density at radius 3 is 0.625 bits per heavy atom. The van der Waals surface area contributed by atoms with Crippen LogP contribution < -0.4 is 0 Å². The lowest BCUT2D eigenvalue weighted by Gasteiger charge is -2.14. The van der Waals surface area contributed by atoms with Gasteiger partial charge in [-0.1, -0.05) is 246 Å². The molecule has 242 valence electrons. The van der Waals surface area contributed by atoms with Gasteiger partial charge >= 0.3 is 0 Å². The largest absolute Gasteiger partial charge is 0.0654 e. The molecule has 0 heterocycles. The highest BCUT2D eigenvalue weighted by Gasteiger charge is 2.06. The van der Waals surface area contributed by atoms with E-state index in [-0.39, 0.29) is 0 Å². The molecule has 0 aliphatic rings. The zero-order valence-electron chi connectivity index (χ0n) is 29.2. The highest BCUT2D eigenvalue weighted by Crippen LogP contribution is 2.22. The van der Waals surface area contributed by atoms with E-state index in [1.54, 1.807) is 0 Å². The zero-order chi connectivity index (χ0) is 29.2. The van der Waals surface area contributed by atoms with Crippen LogP contribution in [0.1, 0.15) is 246 Å². The van der Waals surface area contributed by atoms with Gasteiger partial charge in [0.1, 0.15) is 0 Å². The van der Waals surface area contributed by atoms with Crippen LogP contribution in [0.3, 0.4) is 0 Å². The van der Waals surface area contributed by atoms with E-state index in [1.807, 2.05) is 0 Å². The van der Waals surface area contributed by atoms with Crippen molar-refractivity contribution in [3.05, 3.63) is 0 Å². The molecule has 2 atom stereocenters. The second kappa shape index (κ2) is 35.2.